The first-order valence-electron chi connectivity index (χ1n) is 6.93. The smallest absolute Gasteiger partial charge is 0.0642 e. The van der Waals surface area contributed by atoms with Crippen LogP contribution in [0.2, 0.25) is 10.0 Å². The molecule has 2 rings (SSSR count). The Balaban J connectivity index is 2.07. The van der Waals surface area contributed by atoms with Crippen molar-refractivity contribution >= 4 is 23.2 Å². The summed E-state index contributed by atoms with van der Waals surface area (Å²) in [5, 5.41) is 4.73. The van der Waals surface area contributed by atoms with Crippen molar-refractivity contribution in [3.05, 3.63) is 57.8 Å². The average Bonchev–Trinajstić information content (AvgIpc) is 2.90. The molecule has 0 aliphatic rings. The van der Waals surface area contributed by atoms with Gasteiger partial charge in [-0.3, -0.25) is 0 Å². The first kappa shape index (κ1) is 15.4. The molecule has 0 saturated heterocycles. The summed E-state index contributed by atoms with van der Waals surface area (Å²) < 4.78 is 2.14. The minimum absolute atomic E-state index is 0.367. The predicted octanol–water partition coefficient (Wildman–Crippen LogP) is 4.90. The second-order valence-corrected chi connectivity index (χ2v) is 5.79. The minimum atomic E-state index is 0.367. The number of nitrogens with one attached hydrogen (secondary N) is 1. The minimum Gasteiger partial charge on any atom is -0.350 e. The normalized spacial score (nSPS) is 12.6. The molecular formula is C16H20Cl2N2. The van der Waals surface area contributed by atoms with Crippen molar-refractivity contribution in [1.29, 1.82) is 0 Å². The van der Waals surface area contributed by atoms with Crippen LogP contribution in [0.25, 0.3) is 0 Å². The van der Waals surface area contributed by atoms with Crippen LogP contribution in [-0.2, 0) is 6.54 Å². The van der Waals surface area contributed by atoms with E-state index in [-0.39, 0.29) is 0 Å². The fourth-order valence-corrected chi connectivity index (χ4v) is 2.54. The molecule has 1 atom stereocenters. The highest BCUT2D eigenvalue weighted by molar-refractivity contribution is 6.42. The second kappa shape index (κ2) is 7.16. The third kappa shape index (κ3) is 3.78. The highest BCUT2D eigenvalue weighted by Gasteiger charge is 2.08. The van der Waals surface area contributed by atoms with E-state index in [9.17, 15) is 0 Å². The lowest BCUT2D eigenvalue weighted by atomic mass is 10.2. The summed E-state index contributed by atoms with van der Waals surface area (Å²) in [6.07, 6.45) is 5.38. The van der Waals surface area contributed by atoms with Gasteiger partial charge in [0.15, 0.2) is 0 Å². The van der Waals surface area contributed by atoms with Crippen molar-refractivity contribution < 1.29 is 0 Å². The van der Waals surface area contributed by atoms with Crippen molar-refractivity contribution in [2.45, 2.75) is 32.9 Å². The molecule has 0 radical (unpaired) electrons. The van der Waals surface area contributed by atoms with Crippen LogP contribution >= 0.6 is 23.2 Å². The van der Waals surface area contributed by atoms with Gasteiger partial charge in [-0.15, -0.1) is 0 Å². The van der Waals surface area contributed by atoms with E-state index < -0.39 is 0 Å². The molecule has 4 heteroatoms. The first-order chi connectivity index (χ1) is 9.61. The second-order valence-electron chi connectivity index (χ2n) is 5.01. The van der Waals surface area contributed by atoms with Gasteiger partial charge >= 0.3 is 0 Å². The summed E-state index contributed by atoms with van der Waals surface area (Å²) in [7, 11) is 0. The monoisotopic (exact) mass is 310 g/mol. The lowest BCUT2D eigenvalue weighted by molar-refractivity contribution is 0.569. The summed E-state index contributed by atoms with van der Waals surface area (Å²) in [4.78, 5) is 0. The standard InChI is InChI=1S/C16H20Cl2N2/c1-3-8-19-12(2)13-7-9-20(10-13)11-14-5-4-6-15(17)16(14)18/h4-7,9-10,12,19H,3,8,11H2,1-2H3. The Morgan fingerprint density at radius 2 is 2.05 bits per heavy atom. The van der Waals surface area contributed by atoms with Gasteiger partial charge in [0.1, 0.15) is 0 Å². The SMILES string of the molecule is CCCNC(C)c1ccn(Cc2cccc(Cl)c2Cl)c1. The molecule has 2 nitrogen and oxygen atoms in total. The molecule has 1 aromatic heterocycles. The van der Waals surface area contributed by atoms with Crippen LogP contribution in [0.3, 0.4) is 0 Å². The fourth-order valence-electron chi connectivity index (χ4n) is 2.16. The van der Waals surface area contributed by atoms with Gasteiger partial charge in [-0.2, -0.15) is 0 Å². The van der Waals surface area contributed by atoms with Crippen molar-refractivity contribution in [2.75, 3.05) is 6.54 Å². The molecule has 0 spiro atoms. The van der Waals surface area contributed by atoms with E-state index in [0.717, 1.165) is 25.1 Å². The van der Waals surface area contributed by atoms with Crippen molar-refractivity contribution in [3.63, 3.8) is 0 Å². The predicted molar refractivity (Wildman–Crippen MR) is 86.7 cm³/mol. The Kier molecular flexibility index (Phi) is 5.53. The molecule has 1 heterocycles. The number of nitrogens with zero attached hydrogens (tertiary/aromatic N) is 1. The number of hydrogen-bond acceptors (Lipinski definition) is 1. The van der Waals surface area contributed by atoms with Crippen molar-refractivity contribution in [2.24, 2.45) is 0 Å². The Hall–Kier alpha value is -0.960. The maximum Gasteiger partial charge on any atom is 0.0642 e. The van der Waals surface area contributed by atoms with Gasteiger partial charge in [0.2, 0.25) is 0 Å². The highest BCUT2D eigenvalue weighted by atomic mass is 35.5. The van der Waals surface area contributed by atoms with Gasteiger partial charge in [-0.05, 0) is 43.1 Å². The molecule has 0 amide bonds. The van der Waals surface area contributed by atoms with E-state index in [1.165, 1.54) is 5.56 Å². The quantitative estimate of drug-likeness (QED) is 0.802. The molecule has 1 unspecified atom stereocenters. The van der Waals surface area contributed by atoms with Gasteiger partial charge < -0.3 is 9.88 Å². The zero-order valence-corrected chi connectivity index (χ0v) is 13.4. The van der Waals surface area contributed by atoms with E-state index in [2.05, 4.69) is 42.2 Å². The molecule has 2 aromatic rings. The van der Waals surface area contributed by atoms with Crippen LogP contribution in [0, 0.1) is 0 Å². The van der Waals surface area contributed by atoms with Gasteiger partial charge in [-0.25, -0.2) is 0 Å². The summed E-state index contributed by atoms with van der Waals surface area (Å²) >= 11 is 12.3. The largest absolute Gasteiger partial charge is 0.350 e. The number of halogens is 2. The zero-order valence-electron chi connectivity index (χ0n) is 11.9. The molecule has 20 heavy (non-hydrogen) atoms. The first-order valence-corrected chi connectivity index (χ1v) is 7.69. The molecule has 0 fully saturated rings. The summed E-state index contributed by atoms with van der Waals surface area (Å²) in [5.41, 5.74) is 2.33. The summed E-state index contributed by atoms with van der Waals surface area (Å²) in [5.74, 6) is 0. The maximum atomic E-state index is 6.22. The van der Waals surface area contributed by atoms with Gasteiger partial charge in [0.25, 0.3) is 0 Å². The summed E-state index contributed by atoms with van der Waals surface area (Å²) in [6, 6.07) is 8.26. The van der Waals surface area contributed by atoms with E-state index >= 15 is 0 Å². The van der Waals surface area contributed by atoms with Crippen LogP contribution in [0.1, 0.15) is 37.4 Å². The van der Waals surface area contributed by atoms with Crippen LogP contribution in [0.15, 0.2) is 36.7 Å². The zero-order chi connectivity index (χ0) is 14.5. The lowest BCUT2D eigenvalue weighted by Gasteiger charge is -2.11. The van der Waals surface area contributed by atoms with Crippen LogP contribution < -0.4 is 5.32 Å². The lowest BCUT2D eigenvalue weighted by Crippen LogP contribution is -2.18. The van der Waals surface area contributed by atoms with Gasteiger partial charge in [0.05, 0.1) is 10.0 Å². The molecular weight excluding hydrogens is 291 g/mol. The third-order valence-electron chi connectivity index (χ3n) is 3.36. The van der Waals surface area contributed by atoms with Gasteiger partial charge in [-0.1, -0.05) is 42.3 Å². The Morgan fingerprint density at radius 1 is 1.25 bits per heavy atom. The molecule has 1 aromatic carbocycles. The number of aromatic nitrogens is 1. The number of benzene rings is 1. The summed E-state index contributed by atoms with van der Waals surface area (Å²) in [6.45, 7) is 6.13. The average molecular weight is 311 g/mol. The molecule has 0 aliphatic heterocycles. The van der Waals surface area contributed by atoms with Crippen molar-refractivity contribution in [3.8, 4) is 0 Å². The van der Waals surface area contributed by atoms with Crippen molar-refractivity contribution in [1.82, 2.24) is 9.88 Å². The Bertz CT molecular complexity index is 563. The topological polar surface area (TPSA) is 17.0 Å². The van der Waals surface area contributed by atoms with E-state index in [4.69, 9.17) is 23.2 Å². The third-order valence-corrected chi connectivity index (χ3v) is 4.22. The molecule has 0 aliphatic carbocycles. The van der Waals surface area contributed by atoms with Crippen LogP contribution in [0.4, 0.5) is 0 Å². The van der Waals surface area contributed by atoms with Crippen LogP contribution in [0.5, 0.6) is 0 Å². The Morgan fingerprint density at radius 3 is 2.80 bits per heavy atom. The fraction of sp³-hybridized carbons (Fsp3) is 0.375. The molecule has 0 bridgehead atoms. The van der Waals surface area contributed by atoms with Crippen LogP contribution in [-0.4, -0.2) is 11.1 Å². The van der Waals surface area contributed by atoms with E-state index in [0.29, 0.717) is 16.1 Å². The maximum absolute atomic E-state index is 6.22. The Labute approximate surface area is 130 Å². The van der Waals surface area contributed by atoms with E-state index in [1.807, 2.05) is 18.2 Å². The molecule has 1 N–H and O–H groups in total. The number of rotatable bonds is 6. The van der Waals surface area contributed by atoms with E-state index in [1.54, 1.807) is 0 Å². The highest BCUT2D eigenvalue weighted by Crippen LogP contribution is 2.26. The number of hydrogen-bond donors (Lipinski definition) is 1. The molecule has 0 saturated carbocycles. The molecule has 108 valence electrons. The van der Waals surface area contributed by atoms with Gasteiger partial charge in [0, 0.05) is 25.0 Å².